The number of nitrogens with one attached hydrogen (secondary N) is 5. The van der Waals surface area contributed by atoms with E-state index in [0.29, 0.717) is 39.9 Å². The molecule has 0 saturated carbocycles. The predicted molar refractivity (Wildman–Crippen MR) is 217 cm³/mol. The van der Waals surface area contributed by atoms with Crippen LogP contribution in [0, 0.1) is 23.7 Å². The Bertz CT molecular complexity index is 779. The van der Waals surface area contributed by atoms with Gasteiger partial charge < -0.3 is 4.72 Å². The summed E-state index contributed by atoms with van der Waals surface area (Å²) < 4.78 is 2.91. The SMILES string of the molecule is CCCCC(CC)CNC(NCC(CC)CCCC)Sc1nc(NS)nc(SC(NCC(CC)CCCC)NCC(CC)CCCC)n1. The fourth-order valence-corrected chi connectivity index (χ4v) is 7.74. The Morgan fingerprint density at radius 2 is 0.771 bits per heavy atom. The van der Waals surface area contributed by atoms with Crippen molar-refractivity contribution in [3.63, 3.8) is 0 Å². The molecule has 0 amide bonds. The van der Waals surface area contributed by atoms with Gasteiger partial charge in [0, 0.05) is 26.2 Å². The first-order valence-corrected chi connectivity index (χ1v) is 22.0. The van der Waals surface area contributed by atoms with Gasteiger partial charge in [0.2, 0.25) is 5.95 Å². The predicted octanol–water partition coefficient (Wildman–Crippen LogP) is 10.1. The third-order valence-corrected chi connectivity index (χ3v) is 11.8. The Kier molecular flexibility index (Phi) is 28.9. The molecular formula is C37H76N8S3. The highest BCUT2D eigenvalue weighted by Gasteiger charge is 2.21. The molecule has 282 valence electrons. The number of hydrogen-bond donors (Lipinski definition) is 6. The minimum absolute atomic E-state index is 0.0178. The van der Waals surface area contributed by atoms with Crippen molar-refractivity contribution in [2.45, 2.75) is 179 Å². The Morgan fingerprint density at radius 1 is 0.479 bits per heavy atom. The number of rotatable bonds is 33. The molecule has 4 unspecified atom stereocenters. The molecule has 4 atom stereocenters. The third kappa shape index (κ3) is 21.2. The zero-order chi connectivity index (χ0) is 35.4. The third-order valence-electron chi connectivity index (χ3n) is 9.68. The molecule has 0 aliphatic carbocycles. The second kappa shape index (κ2) is 30.3. The van der Waals surface area contributed by atoms with E-state index in [9.17, 15) is 0 Å². The van der Waals surface area contributed by atoms with Crippen LogP contribution in [0.25, 0.3) is 0 Å². The highest BCUT2D eigenvalue weighted by atomic mass is 32.2. The van der Waals surface area contributed by atoms with E-state index in [0.717, 1.165) is 26.2 Å². The summed E-state index contributed by atoms with van der Waals surface area (Å²) >= 11 is 7.68. The van der Waals surface area contributed by atoms with Crippen LogP contribution in [0.15, 0.2) is 10.3 Å². The Morgan fingerprint density at radius 3 is 1.00 bits per heavy atom. The molecule has 0 radical (unpaired) electrons. The van der Waals surface area contributed by atoms with Gasteiger partial charge in [-0.1, -0.05) is 169 Å². The summed E-state index contributed by atoms with van der Waals surface area (Å²) in [6, 6.07) is 0. The molecule has 48 heavy (non-hydrogen) atoms. The van der Waals surface area contributed by atoms with Gasteiger partial charge in [0.15, 0.2) is 10.3 Å². The van der Waals surface area contributed by atoms with Crippen molar-refractivity contribution in [3.05, 3.63) is 0 Å². The minimum Gasteiger partial charge on any atom is -0.301 e. The summed E-state index contributed by atoms with van der Waals surface area (Å²) in [4.78, 5) is 14.5. The first-order chi connectivity index (χ1) is 23.4. The first-order valence-electron chi connectivity index (χ1n) is 19.8. The largest absolute Gasteiger partial charge is 0.301 e. The molecule has 0 aliphatic heterocycles. The van der Waals surface area contributed by atoms with Crippen molar-refractivity contribution in [2.75, 3.05) is 30.9 Å². The van der Waals surface area contributed by atoms with Gasteiger partial charge in [-0.2, -0.15) is 15.0 Å². The van der Waals surface area contributed by atoms with Crippen LogP contribution in [-0.2, 0) is 0 Å². The van der Waals surface area contributed by atoms with E-state index in [1.54, 1.807) is 23.5 Å². The fourth-order valence-electron chi connectivity index (χ4n) is 5.88. The van der Waals surface area contributed by atoms with Crippen molar-refractivity contribution >= 4 is 42.3 Å². The van der Waals surface area contributed by atoms with Crippen LogP contribution in [-0.4, -0.2) is 52.1 Å². The lowest BCUT2D eigenvalue weighted by Gasteiger charge is -2.26. The minimum atomic E-state index is 0.0178. The summed E-state index contributed by atoms with van der Waals surface area (Å²) in [5, 5.41) is 16.8. The molecule has 0 aliphatic rings. The summed E-state index contributed by atoms with van der Waals surface area (Å²) in [5.41, 5.74) is 0.0355. The molecular weight excluding hydrogens is 653 g/mol. The van der Waals surface area contributed by atoms with Gasteiger partial charge in [-0.15, -0.1) is 0 Å². The lowest BCUT2D eigenvalue weighted by Crippen LogP contribution is -2.44. The zero-order valence-corrected chi connectivity index (χ0v) is 34.7. The van der Waals surface area contributed by atoms with Crippen LogP contribution < -0.4 is 26.0 Å². The molecule has 1 heterocycles. The topological polar surface area (TPSA) is 98.8 Å². The van der Waals surface area contributed by atoms with E-state index in [4.69, 9.17) is 15.0 Å². The van der Waals surface area contributed by atoms with Gasteiger partial charge in [0.05, 0.1) is 0 Å². The van der Waals surface area contributed by atoms with Gasteiger partial charge in [-0.05, 0) is 49.4 Å². The van der Waals surface area contributed by atoms with E-state index in [1.165, 1.54) is 103 Å². The van der Waals surface area contributed by atoms with Crippen molar-refractivity contribution in [1.29, 1.82) is 0 Å². The molecule has 1 aromatic rings. The van der Waals surface area contributed by atoms with Crippen LogP contribution in [0.4, 0.5) is 5.95 Å². The van der Waals surface area contributed by atoms with Crippen LogP contribution in [0.2, 0.25) is 0 Å². The zero-order valence-electron chi connectivity index (χ0n) is 32.2. The molecule has 0 saturated heterocycles. The lowest BCUT2D eigenvalue weighted by atomic mass is 9.99. The standard InChI is InChI=1S/C37H76N8S3/c1-9-17-21-29(13-5)25-38-34(39-26-30(14-6)22-18-10-2)47-36-42-33(45-46)43-37(44-36)48-35(40-27-31(15-7)23-19-11-3)41-28-32(16-8)24-20-12-4/h29-32,34-35,38-41,46H,9-28H2,1-8H3,(H,42,43,44,45). The van der Waals surface area contributed by atoms with Gasteiger partial charge in [0.1, 0.15) is 11.0 Å². The maximum Gasteiger partial charge on any atom is 0.237 e. The summed E-state index contributed by atoms with van der Waals surface area (Å²) in [6.07, 6.45) is 19.9. The van der Waals surface area contributed by atoms with E-state index in [2.05, 4.69) is 94.2 Å². The maximum absolute atomic E-state index is 5.02. The van der Waals surface area contributed by atoms with Crippen LogP contribution in [0.5, 0.6) is 0 Å². The smallest absolute Gasteiger partial charge is 0.237 e. The average molecular weight is 729 g/mol. The van der Waals surface area contributed by atoms with Crippen LogP contribution in [0.1, 0.15) is 158 Å². The van der Waals surface area contributed by atoms with Crippen molar-refractivity contribution in [1.82, 2.24) is 36.2 Å². The molecule has 1 aromatic heterocycles. The highest BCUT2D eigenvalue weighted by molar-refractivity contribution is 8.00. The number of thiol groups is 1. The van der Waals surface area contributed by atoms with E-state index in [-0.39, 0.29) is 11.0 Å². The molecule has 5 N–H and O–H groups in total. The first kappa shape index (κ1) is 45.7. The number of nitrogens with zero attached hydrogens (tertiary/aromatic N) is 3. The number of anilines is 1. The lowest BCUT2D eigenvalue weighted by molar-refractivity contribution is 0.370. The highest BCUT2D eigenvalue weighted by Crippen LogP contribution is 2.26. The van der Waals surface area contributed by atoms with Crippen LogP contribution >= 0.6 is 36.3 Å². The number of hydrogen-bond acceptors (Lipinski definition) is 11. The molecule has 8 nitrogen and oxygen atoms in total. The Balaban J connectivity index is 3.20. The van der Waals surface area contributed by atoms with Gasteiger partial charge >= 0.3 is 0 Å². The monoisotopic (exact) mass is 729 g/mol. The van der Waals surface area contributed by atoms with E-state index < -0.39 is 0 Å². The van der Waals surface area contributed by atoms with Crippen molar-refractivity contribution in [2.24, 2.45) is 23.7 Å². The molecule has 0 aromatic carbocycles. The number of unbranched alkanes of at least 4 members (excludes halogenated alkanes) is 4. The summed E-state index contributed by atoms with van der Waals surface area (Å²) in [5.74, 6) is 3.17. The molecule has 0 fully saturated rings. The quantitative estimate of drug-likeness (QED) is 0.0238. The summed E-state index contributed by atoms with van der Waals surface area (Å²) in [7, 11) is 0. The Hall–Kier alpha value is -0.300. The summed E-state index contributed by atoms with van der Waals surface area (Å²) in [6.45, 7) is 22.3. The van der Waals surface area contributed by atoms with Gasteiger partial charge in [-0.25, -0.2) is 0 Å². The molecule has 1 rings (SSSR count). The fraction of sp³-hybridized carbons (Fsp3) is 0.919. The normalized spacial score (nSPS) is 15.6. The maximum atomic E-state index is 5.02. The van der Waals surface area contributed by atoms with Gasteiger partial charge in [0.25, 0.3) is 0 Å². The molecule has 0 bridgehead atoms. The van der Waals surface area contributed by atoms with Crippen molar-refractivity contribution in [3.8, 4) is 0 Å². The van der Waals surface area contributed by atoms with Gasteiger partial charge in [-0.3, -0.25) is 21.3 Å². The van der Waals surface area contributed by atoms with Crippen LogP contribution in [0.3, 0.4) is 0 Å². The van der Waals surface area contributed by atoms with E-state index in [1.807, 2.05) is 0 Å². The average Bonchev–Trinajstić information content (AvgIpc) is 3.11. The second-order valence-electron chi connectivity index (χ2n) is 13.6. The van der Waals surface area contributed by atoms with Crippen molar-refractivity contribution < 1.29 is 0 Å². The number of thioether (sulfide) groups is 2. The number of aromatic nitrogens is 3. The van der Waals surface area contributed by atoms with E-state index >= 15 is 0 Å². The molecule has 0 spiro atoms. The second-order valence-corrected chi connectivity index (χ2v) is 16.0. The Labute approximate surface area is 311 Å². The molecule has 11 heteroatoms.